The SMILES string of the molecule is CNc1cc2cc(-c3cn(C)n3C)ccc2cn1. The molecule has 3 rings (SSSR count). The molecule has 0 saturated carbocycles. The molecule has 0 radical (unpaired) electrons. The molecule has 2 heterocycles. The van der Waals surface area contributed by atoms with E-state index in [-0.39, 0.29) is 0 Å². The molecule has 18 heavy (non-hydrogen) atoms. The summed E-state index contributed by atoms with van der Waals surface area (Å²) in [5.41, 5.74) is 2.47. The van der Waals surface area contributed by atoms with Gasteiger partial charge in [0.15, 0.2) is 0 Å². The lowest BCUT2D eigenvalue weighted by Gasteiger charge is -2.20. The highest BCUT2D eigenvalue weighted by molar-refractivity contribution is 5.88. The zero-order valence-corrected chi connectivity index (χ0v) is 10.8. The number of aromatic nitrogens is 3. The van der Waals surface area contributed by atoms with E-state index < -0.39 is 0 Å². The first-order valence-electron chi connectivity index (χ1n) is 5.95. The molecule has 0 aliphatic rings. The van der Waals surface area contributed by atoms with Crippen molar-refractivity contribution in [3.63, 3.8) is 0 Å². The molecular formula is C14H16N4. The number of hydrogen-bond donors (Lipinski definition) is 1. The van der Waals surface area contributed by atoms with Crippen molar-refractivity contribution in [1.29, 1.82) is 0 Å². The molecular weight excluding hydrogens is 224 g/mol. The molecule has 0 aliphatic carbocycles. The second kappa shape index (κ2) is 3.91. The summed E-state index contributed by atoms with van der Waals surface area (Å²) >= 11 is 0. The molecule has 3 aromatic rings. The van der Waals surface area contributed by atoms with E-state index in [1.165, 1.54) is 16.6 Å². The Morgan fingerprint density at radius 1 is 1.11 bits per heavy atom. The minimum absolute atomic E-state index is 0.896. The maximum absolute atomic E-state index is 4.32. The first kappa shape index (κ1) is 10.9. The zero-order chi connectivity index (χ0) is 12.7. The Labute approximate surface area is 106 Å². The van der Waals surface area contributed by atoms with Gasteiger partial charge in [-0.3, -0.25) is 9.36 Å². The standard InChI is InChI=1S/C14H16N4/c1-15-14-7-12-6-10(4-5-11(12)8-16-14)13-9-17(2)18(13)3/h4-9H,1-3H3,(H,15,16). The van der Waals surface area contributed by atoms with Gasteiger partial charge in [-0.1, -0.05) is 12.1 Å². The number of fused-ring (bicyclic) bond motifs is 1. The van der Waals surface area contributed by atoms with Crippen LogP contribution in [-0.4, -0.2) is 21.4 Å². The van der Waals surface area contributed by atoms with Gasteiger partial charge in [-0.05, 0) is 17.5 Å². The van der Waals surface area contributed by atoms with Gasteiger partial charge in [0.2, 0.25) is 0 Å². The van der Waals surface area contributed by atoms with Crippen molar-refractivity contribution in [3.8, 4) is 11.3 Å². The molecule has 4 heteroatoms. The van der Waals surface area contributed by atoms with E-state index in [9.17, 15) is 0 Å². The predicted molar refractivity (Wildman–Crippen MR) is 74.7 cm³/mol. The van der Waals surface area contributed by atoms with Gasteiger partial charge >= 0.3 is 0 Å². The van der Waals surface area contributed by atoms with Crippen LogP contribution in [0.4, 0.5) is 5.82 Å². The smallest absolute Gasteiger partial charge is 0.126 e. The van der Waals surface area contributed by atoms with Gasteiger partial charge in [0.1, 0.15) is 5.82 Å². The van der Waals surface area contributed by atoms with Crippen LogP contribution in [0, 0.1) is 0 Å². The number of nitrogens with one attached hydrogen (secondary N) is 1. The number of aryl methyl sites for hydroxylation is 1. The van der Waals surface area contributed by atoms with E-state index in [0.717, 1.165) is 11.2 Å². The Hall–Kier alpha value is -2.23. The molecule has 0 atom stereocenters. The summed E-state index contributed by atoms with van der Waals surface area (Å²) in [6.45, 7) is 0. The van der Waals surface area contributed by atoms with Crippen LogP contribution in [0.5, 0.6) is 0 Å². The van der Waals surface area contributed by atoms with Gasteiger partial charge in [0, 0.05) is 44.5 Å². The number of hydrogen-bond acceptors (Lipinski definition) is 2. The second-order valence-corrected chi connectivity index (χ2v) is 4.49. The van der Waals surface area contributed by atoms with Gasteiger partial charge in [0.25, 0.3) is 0 Å². The number of pyridine rings is 1. The molecule has 2 aromatic heterocycles. The van der Waals surface area contributed by atoms with Crippen LogP contribution < -0.4 is 5.32 Å². The summed E-state index contributed by atoms with van der Waals surface area (Å²) in [6, 6.07) is 8.53. The summed E-state index contributed by atoms with van der Waals surface area (Å²) in [7, 11) is 5.98. The average Bonchev–Trinajstić information content (AvgIpc) is 2.43. The summed E-state index contributed by atoms with van der Waals surface area (Å²) in [6.07, 6.45) is 4.03. The molecule has 1 aromatic carbocycles. The van der Waals surface area contributed by atoms with Gasteiger partial charge in [-0.2, -0.15) is 0 Å². The van der Waals surface area contributed by atoms with E-state index >= 15 is 0 Å². The van der Waals surface area contributed by atoms with Crippen LogP contribution in [0.1, 0.15) is 0 Å². The first-order chi connectivity index (χ1) is 8.69. The Morgan fingerprint density at radius 3 is 2.61 bits per heavy atom. The molecule has 1 N–H and O–H groups in total. The van der Waals surface area contributed by atoms with Crippen molar-refractivity contribution in [2.24, 2.45) is 14.1 Å². The third kappa shape index (κ3) is 1.57. The van der Waals surface area contributed by atoms with Crippen molar-refractivity contribution in [2.75, 3.05) is 12.4 Å². The maximum Gasteiger partial charge on any atom is 0.126 e. The molecule has 92 valence electrons. The summed E-state index contributed by atoms with van der Waals surface area (Å²) < 4.78 is 4.19. The second-order valence-electron chi connectivity index (χ2n) is 4.49. The van der Waals surface area contributed by atoms with Crippen LogP contribution in [0.25, 0.3) is 22.0 Å². The summed E-state index contributed by atoms with van der Waals surface area (Å²) in [4.78, 5) is 4.32. The van der Waals surface area contributed by atoms with Crippen LogP contribution in [0.2, 0.25) is 0 Å². The minimum atomic E-state index is 0.896. The lowest BCUT2D eigenvalue weighted by molar-refractivity contribution is 0.536. The predicted octanol–water partition coefficient (Wildman–Crippen LogP) is 2.62. The molecule has 0 aliphatic heterocycles. The number of benzene rings is 1. The third-order valence-corrected chi connectivity index (χ3v) is 3.40. The number of rotatable bonds is 2. The molecule has 4 nitrogen and oxygen atoms in total. The first-order valence-corrected chi connectivity index (χ1v) is 5.95. The highest BCUT2D eigenvalue weighted by Crippen LogP contribution is 2.26. The Bertz CT molecular complexity index is 706. The fourth-order valence-electron chi connectivity index (χ4n) is 2.16. The van der Waals surface area contributed by atoms with Crippen molar-refractivity contribution >= 4 is 16.6 Å². The van der Waals surface area contributed by atoms with E-state index in [2.05, 4.69) is 57.2 Å². The van der Waals surface area contributed by atoms with Crippen LogP contribution >= 0.6 is 0 Å². The molecule has 0 unspecified atom stereocenters. The molecule has 0 amide bonds. The van der Waals surface area contributed by atoms with E-state index in [0.29, 0.717) is 0 Å². The van der Waals surface area contributed by atoms with Crippen molar-refractivity contribution in [1.82, 2.24) is 14.3 Å². The highest BCUT2D eigenvalue weighted by Gasteiger charge is 2.08. The van der Waals surface area contributed by atoms with Gasteiger partial charge in [-0.25, -0.2) is 4.98 Å². The quantitative estimate of drug-likeness (QED) is 0.747. The van der Waals surface area contributed by atoms with E-state index in [1.54, 1.807) is 0 Å². The Morgan fingerprint density at radius 2 is 1.94 bits per heavy atom. The largest absolute Gasteiger partial charge is 0.373 e. The topological polar surface area (TPSA) is 34.8 Å². The van der Waals surface area contributed by atoms with Gasteiger partial charge in [0.05, 0.1) is 5.69 Å². The van der Waals surface area contributed by atoms with Crippen LogP contribution in [-0.2, 0) is 14.1 Å². The van der Waals surface area contributed by atoms with Crippen molar-refractivity contribution in [2.45, 2.75) is 0 Å². The number of anilines is 1. The van der Waals surface area contributed by atoms with Gasteiger partial charge in [-0.15, -0.1) is 0 Å². The minimum Gasteiger partial charge on any atom is -0.373 e. The molecule has 0 bridgehead atoms. The Kier molecular flexibility index (Phi) is 2.37. The molecule has 0 saturated heterocycles. The average molecular weight is 240 g/mol. The van der Waals surface area contributed by atoms with Crippen molar-refractivity contribution in [3.05, 3.63) is 36.7 Å². The highest BCUT2D eigenvalue weighted by atomic mass is 15.4. The Balaban J connectivity index is 2.13. The normalized spacial score (nSPS) is 11.1. The van der Waals surface area contributed by atoms with Crippen LogP contribution in [0.15, 0.2) is 36.7 Å². The van der Waals surface area contributed by atoms with Crippen molar-refractivity contribution < 1.29 is 0 Å². The van der Waals surface area contributed by atoms with E-state index in [1.807, 2.05) is 20.3 Å². The lowest BCUT2D eigenvalue weighted by Crippen LogP contribution is -2.16. The maximum atomic E-state index is 4.32. The molecule has 0 spiro atoms. The third-order valence-electron chi connectivity index (χ3n) is 3.40. The lowest BCUT2D eigenvalue weighted by atomic mass is 10.1. The summed E-state index contributed by atoms with van der Waals surface area (Å²) in [5.74, 6) is 0.896. The summed E-state index contributed by atoms with van der Waals surface area (Å²) in [5, 5.41) is 5.43. The van der Waals surface area contributed by atoms with Gasteiger partial charge < -0.3 is 5.32 Å². The molecule has 0 fully saturated rings. The van der Waals surface area contributed by atoms with E-state index in [4.69, 9.17) is 0 Å². The fraction of sp³-hybridized carbons (Fsp3) is 0.214. The zero-order valence-electron chi connectivity index (χ0n) is 10.8. The monoisotopic (exact) mass is 240 g/mol. The van der Waals surface area contributed by atoms with Crippen LogP contribution in [0.3, 0.4) is 0 Å². The fourth-order valence-corrected chi connectivity index (χ4v) is 2.16. The number of nitrogens with zero attached hydrogens (tertiary/aromatic N) is 3.